The van der Waals surface area contributed by atoms with Gasteiger partial charge in [-0.05, 0) is 43.7 Å². The molecule has 0 aliphatic rings. The van der Waals surface area contributed by atoms with Crippen LogP contribution in [0, 0.1) is 6.92 Å². The van der Waals surface area contributed by atoms with Gasteiger partial charge < -0.3 is 11.1 Å². The highest BCUT2D eigenvalue weighted by atomic mass is 15.1. The highest BCUT2D eigenvalue weighted by Crippen LogP contribution is 2.13. The minimum Gasteiger partial charge on any atom is -0.330 e. The first-order chi connectivity index (χ1) is 8.28. The van der Waals surface area contributed by atoms with Crippen molar-refractivity contribution in [2.75, 3.05) is 11.9 Å². The van der Waals surface area contributed by atoms with Gasteiger partial charge in [-0.25, -0.2) is 9.97 Å². The number of hydrogen-bond donors (Lipinski definition) is 2. The number of nitrogens with one attached hydrogen (secondary N) is 1. The second-order valence-corrected chi connectivity index (χ2v) is 3.88. The molecular weight excluding hydrogens is 212 g/mol. The predicted molar refractivity (Wildman–Crippen MR) is 69.3 cm³/mol. The molecular formula is C13H16N4. The van der Waals surface area contributed by atoms with Gasteiger partial charge in [-0.3, -0.25) is 0 Å². The van der Waals surface area contributed by atoms with E-state index in [-0.39, 0.29) is 0 Å². The predicted octanol–water partition coefficient (Wildman–Crippen LogP) is 2.03. The summed E-state index contributed by atoms with van der Waals surface area (Å²) >= 11 is 0. The van der Waals surface area contributed by atoms with Crippen LogP contribution in [0.3, 0.4) is 0 Å². The number of hydrogen-bond acceptors (Lipinski definition) is 4. The van der Waals surface area contributed by atoms with Crippen LogP contribution in [0.5, 0.6) is 0 Å². The van der Waals surface area contributed by atoms with Crippen LogP contribution < -0.4 is 11.1 Å². The number of anilines is 2. The van der Waals surface area contributed by atoms with Gasteiger partial charge in [-0.15, -0.1) is 0 Å². The third-order valence-corrected chi connectivity index (χ3v) is 2.44. The Bertz CT molecular complexity index is 479. The largest absolute Gasteiger partial charge is 0.330 e. The maximum Gasteiger partial charge on any atom is 0.227 e. The molecule has 2 rings (SSSR count). The zero-order valence-electron chi connectivity index (χ0n) is 9.85. The molecule has 1 heterocycles. The zero-order valence-corrected chi connectivity index (χ0v) is 9.85. The molecule has 0 unspecified atom stereocenters. The van der Waals surface area contributed by atoms with E-state index >= 15 is 0 Å². The van der Waals surface area contributed by atoms with Gasteiger partial charge in [0, 0.05) is 17.6 Å². The summed E-state index contributed by atoms with van der Waals surface area (Å²) in [6, 6.07) is 10.0. The highest BCUT2D eigenvalue weighted by molar-refractivity contribution is 5.53. The monoisotopic (exact) mass is 228 g/mol. The maximum absolute atomic E-state index is 5.50. The Morgan fingerprint density at radius 1 is 1.18 bits per heavy atom. The molecule has 0 bridgehead atoms. The van der Waals surface area contributed by atoms with Crippen molar-refractivity contribution in [1.82, 2.24) is 9.97 Å². The molecule has 3 N–H and O–H groups in total. The van der Waals surface area contributed by atoms with Gasteiger partial charge in [-0.1, -0.05) is 12.1 Å². The fraction of sp³-hybridized carbons (Fsp3) is 0.231. The molecule has 17 heavy (non-hydrogen) atoms. The van der Waals surface area contributed by atoms with E-state index in [1.54, 1.807) is 6.20 Å². The summed E-state index contributed by atoms with van der Waals surface area (Å²) in [6.45, 7) is 2.62. The lowest BCUT2D eigenvalue weighted by Gasteiger charge is -2.06. The molecule has 2 aromatic rings. The molecule has 4 heteroatoms. The number of benzene rings is 1. The third kappa shape index (κ3) is 3.26. The van der Waals surface area contributed by atoms with E-state index in [4.69, 9.17) is 5.73 Å². The smallest absolute Gasteiger partial charge is 0.227 e. The summed E-state index contributed by atoms with van der Waals surface area (Å²) in [5, 5.41) is 3.16. The molecule has 0 fully saturated rings. The average molecular weight is 228 g/mol. The molecule has 4 nitrogen and oxygen atoms in total. The summed E-state index contributed by atoms with van der Waals surface area (Å²) in [7, 11) is 0. The summed E-state index contributed by atoms with van der Waals surface area (Å²) in [4.78, 5) is 8.44. The first kappa shape index (κ1) is 11.5. The van der Waals surface area contributed by atoms with Crippen molar-refractivity contribution >= 4 is 11.6 Å². The Kier molecular flexibility index (Phi) is 3.67. The highest BCUT2D eigenvalue weighted by Gasteiger charge is 1.98. The fourth-order valence-corrected chi connectivity index (χ4v) is 1.56. The van der Waals surface area contributed by atoms with Crippen molar-refractivity contribution in [1.29, 1.82) is 0 Å². The number of rotatable bonds is 4. The van der Waals surface area contributed by atoms with Crippen LogP contribution in [0.2, 0.25) is 0 Å². The van der Waals surface area contributed by atoms with E-state index in [0.29, 0.717) is 12.5 Å². The van der Waals surface area contributed by atoms with Gasteiger partial charge in [0.2, 0.25) is 5.95 Å². The van der Waals surface area contributed by atoms with Crippen LogP contribution in [0.4, 0.5) is 11.6 Å². The molecule has 0 aliphatic carbocycles. The lowest BCUT2D eigenvalue weighted by Crippen LogP contribution is -2.02. The Balaban J connectivity index is 2.08. The van der Waals surface area contributed by atoms with Crippen molar-refractivity contribution < 1.29 is 0 Å². The topological polar surface area (TPSA) is 63.8 Å². The molecule has 88 valence electrons. The van der Waals surface area contributed by atoms with Crippen LogP contribution in [-0.2, 0) is 6.42 Å². The Morgan fingerprint density at radius 3 is 2.59 bits per heavy atom. The Morgan fingerprint density at radius 2 is 1.94 bits per heavy atom. The number of nitrogens with zero attached hydrogens (tertiary/aromatic N) is 2. The summed E-state index contributed by atoms with van der Waals surface area (Å²) in [5.74, 6) is 0.622. The SMILES string of the molecule is Cc1ccnc(Nc2ccc(CCN)cc2)n1. The first-order valence-electron chi connectivity index (χ1n) is 5.63. The zero-order chi connectivity index (χ0) is 12.1. The molecule has 0 amide bonds. The maximum atomic E-state index is 5.50. The standard InChI is InChI=1S/C13H16N4/c1-10-7-9-15-13(16-10)17-12-4-2-11(3-5-12)6-8-14/h2-5,7,9H,6,8,14H2,1H3,(H,15,16,17). The van der Waals surface area contributed by atoms with E-state index < -0.39 is 0 Å². The lowest BCUT2D eigenvalue weighted by atomic mass is 10.1. The van der Waals surface area contributed by atoms with E-state index in [9.17, 15) is 0 Å². The van der Waals surface area contributed by atoms with E-state index in [1.807, 2.05) is 25.1 Å². The van der Waals surface area contributed by atoms with Crippen molar-refractivity contribution in [3.05, 3.63) is 47.8 Å². The van der Waals surface area contributed by atoms with Crippen LogP contribution in [-0.4, -0.2) is 16.5 Å². The van der Waals surface area contributed by atoms with Gasteiger partial charge in [0.15, 0.2) is 0 Å². The Labute approximate surface area is 101 Å². The molecule has 0 saturated carbocycles. The van der Waals surface area contributed by atoms with Crippen LogP contribution in [0.25, 0.3) is 0 Å². The molecule has 1 aromatic carbocycles. The van der Waals surface area contributed by atoms with Gasteiger partial charge >= 0.3 is 0 Å². The molecule has 0 saturated heterocycles. The van der Waals surface area contributed by atoms with Crippen molar-refractivity contribution in [3.8, 4) is 0 Å². The number of nitrogens with two attached hydrogens (primary N) is 1. The van der Waals surface area contributed by atoms with Gasteiger partial charge in [0.1, 0.15) is 0 Å². The minimum atomic E-state index is 0.622. The number of aromatic nitrogens is 2. The quantitative estimate of drug-likeness (QED) is 0.840. The van der Waals surface area contributed by atoms with Gasteiger partial charge in [0.05, 0.1) is 0 Å². The second kappa shape index (κ2) is 5.41. The van der Waals surface area contributed by atoms with E-state index in [1.165, 1.54) is 5.56 Å². The molecule has 1 aromatic heterocycles. The van der Waals surface area contributed by atoms with Gasteiger partial charge in [-0.2, -0.15) is 0 Å². The third-order valence-electron chi connectivity index (χ3n) is 2.44. The first-order valence-corrected chi connectivity index (χ1v) is 5.63. The fourth-order valence-electron chi connectivity index (χ4n) is 1.56. The van der Waals surface area contributed by atoms with Crippen LogP contribution in [0.1, 0.15) is 11.3 Å². The number of aryl methyl sites for hydroxylation is 1. The van der Waals surface area contributed by atoms with Crippen molar-refractivity contribution in [2.24, 2.45) is 5.73 Å². The minimum absolute atomic E-state index is 0.622. The molecule has 0 atom stereocenters. The van der Waals surface area contributed by atoms with Gasteiger partial charge in [0.25, 0.3) is 0 Å². The summed E-state index contributed by atoms with van der Waals surface area (Å²) in [5.41, 5.74) is 8.67. The summed E-state index contributed by atoms with van der Waals surface area (Å²) < 4.78 is 0. The average Bonchev–Trinajstić information content (AvgIpc) is 2.32. The molecule has 0 aliphatic heterocycles. The molecule has 0 radical (unpaired) electrons. The summed E-state index contributed by atoms with van der Waals surface area (Å²) in [6.07, 6.45) is 2.65. The lowest BCUT2D eigenvalue weighted by molar-refractivity contribution is 0.969. The van der Waals surface area contributed by atoms with E-state index in [2.05, 4.69) is 27.4 Å². The van der Waals surface area contributed by atoms with Crippen molar-refractivity contribution in [3.63, 3.8) is 0 Å². The molecule has 0 spiro atoms. The normalized spacial score (nSPS) is 10.2. The van der Waals surface area contributed by atoms with E-state index in [0.717, 1.165) is 17.8 Å². The van der Waals surface area contributed by atoms with Crippen molar-refractivity contribution in [2.45, 2.75) is 13.3 Å². The second-order valence-electron chi connectivity index (χ2n) is 3.88. The van der Waals surface area contributed by atoms with Crippen LogP contribution >= 0.6 is 0 Å². The Hall–Kier alpha value is -1.94. The van der Waals surface area contributed by atoms with Crippen LogP contribution in [0.15, 0.2) is 36.5 Å².